The van der Waals surface area contributed by atoms with Crippen molar-refractivity contribution in [3.63, 3.8) is 0 Å². The summed E-state index contributed by atoms with van der Waals surface area (Å²) in [6.45, 7) is 5.32. The number of aliphatic imine (C=N–C) groups is 2. The Kier molecular flexibility index (Phi) is 11.9. The van der Waals surface area contributed by atoms with Gasteiger partial charge in [-0.15, -0.1) is 0 Å². The molecule has 0 saturated carbocycles. The van der Waals surface area contributed by atoms with Crippen LogP contribution in [-0.4, -0.2) is 41.1 Å². The molecule has 5 rings (SSSR count). The third-order valence-corrected chi connectivity index (χ3v) is 5.83. The van der Waals surface area contributed by atoms with Crippen LogP contribution in [0.4, 0.5) is 0 Å². The second kappa shape index (κ2) is 13.5. The van der Waals surface area contributed by atoms with E-state index in [0.717, 1.165) is 12.8 Å². The van der Waals surface area contributed by atoms with Gasteiger partial charge in [0.1, 0.15) is 24.6 Å². The van der Waals surface area contributed by atoms with Crippen LogP contribution in [-0.2, 0) is 39.4 Å². The van der Waals surface area contributed by atoms with Crippen LogP contribution in [0.25, 0.3) is 0 Å². The van der Waals surface area contributed by atoms with Crippen molar-refractivity contribution in [2.24, 2.45) is 9.98 Å². The average molecular weight is 588 g/mol. The van der Waals surface area contributed by atoms with Crippen LogP contribution < -0.4 is 37.2 Å². The SMILES string of the molecule is CC1(Cc2ccccc2)COC(c2cccc(C3=NC(C)(Cc4ccccc4)CO3)n2)=N1.[Cl-].[Cl-].[Cl-].[Fe+3]. The number of rotatable bonds is 6. The van der Waals surface area contributed by atoms with Gasteiger partial charge in [-0.1, -0.05) is 66.7 Å². The summed E-state index contributed by atoms with van der Waals surface area (Å²) in [6.07, 6.45) is 1.65. The Morgan fingerprint density at radius 3 is 1.39 bits per heavy atom. The monoisotopic (exact) mass is 586 g/mol. The first-order valence-corrected chi connectivity index (χ1v) is 11.0. The molecule has 2 aromatic carbocycles. The molecule has 2 unspecified atom stereocenters. The summed E-state index contributed by atoms with van der Waals surface area (Å²) < 4.78 is 11.9. The van der Waals surface area contributed by atoms with Crippen molar-refractivity contribution in [1.29, 1.82) is 0 Å². The van der Waals surface area contributed by atoms with E-state index in [4.69, 9.17) is 24.4 Å². The number of ether oxygens (including phenoxy) is 2. The Morgan fingerprint density at radius 1 is 0.611 bits per heavy atom. The van der Waals surface area contributed by atoms with Gasteiger partial charge in [-0.25, -0.2) is 15.0 Å². The zero-order valence-corrected chi connectivity index (χ0v) is 23.4. The molecule has 36 heavy (non-hydrogen) atoms. The quantitative estimate of drug-likeness (QED) is 0.274. The predicted molar refractivity (Wildman–Crippen MR) is 126 cm³/mol. The van der Waals surface area contributed by atoms with Crippen LogP contribution in [0, 0.1) is 0 Å². The first-order valence-electron chi connectivity index (χ1n) is 11.0. The van der Waals surface area contributed by atoms with Gasteiger partial charge in [0.2, 0.25) is 11.8 Å². The molecule has 0 saturated heterocycles. The van der Waals surface area contributed by atoms with E-state index in [1.165, 1.54) is 11.1 Å². The van der Waals surface area contributed by atoms with E-state index in [0.29, 0.717) is 36.4 Å². The molecular weight excluding hydrogens is 561 g/mol. The molecule has 1 radical (unpaired) electrons. The number of nitrogens with zero attached hydrogens (tertiary/aromatic N) is 3. The molecule has 3 heterocycles. The van der Waals surface area contributed by atoms with E-state index >= 15 is 0 Å². The fourth-order valence-electron chi connectivity index (χ4n) is 4.25. The summed E-state index contributed by atoms with van der Waals surface area (Å²) >= 11 is 0. The molecule has 0 amide bonds. The van der Waals surface area contributed by atoms with Crippen molar-refractivity contribution in [3.05, 3.63) is 101 Å². The molecular formula is C27H27Cl3FeN3O2. The minimum Gasteiger partial charge on any atom is -1.00 e. The van der Waals surface area contributed by atoms with Gasteiger partial charge in [0.25, 0.3) is 0 Å². The third-order valence-electron chi connectivity index (χ3n) is 5.83. The zero-order chi connectivity index (χ0) is 22.0. The fourth-order valence-corrected chi connectivity index (χ4v) is 4.25. The number of pyridine rings is 1. The van der Waals surface area contributed by atoms with Crippen LogP contribution in [0.1, 0.15) is 36.4 Å². The number of hydrogen-bond donors (Lipinski definition) is 0. The van der Waals surface area contributed by atoms with Crippen molar-refractivity contribution in [2.45, 2.75) is 37.8 Å². The van der Waals surface area contributed by atoms with Crippen molar-refractivity contribution >= 4 is 11.8 Å². The smallest absolute Gasteiger partial charge is 1.00 e. The van der Waals surface area contributed by atoms with Gasteiger partial charge < -0.3 is 46.7 Å². The van der Waals surface area contributed by atoms with Gasteiger partial charge >= 0.3 is 17.1 Å². The molecule has 0 spiro atoms. The van der Waals surface area contributed by atoms with Crippen molar-refractivity contribution in [2.75, 3.05) is 13.2 Å². The standard InChI is InChI=1S/C27H27N3O2.3ClH.Fe/c1-26(16-20-10-5-3-6-11-20)18-31-24(29-26)22-14-9-15-23(28-22)25-30-27(2,19-32-25)17-21-12-7-4-8-13-21;;;;/h3-15H,16-19H2,1-2H3;3*1H;/q;;;;+3/p-3. The second-order valence-corrected chi connectivity index (χ2v) is 9.14. The second-order valence-electron chi connectivity index (χ2n) is 9.14. The van der Waals surface area contributed by atoms with E-state index in [-0.39, 0.29) is 65.4 Å². The number of hydrogen-bond acceptors (Lipinski definition) is 5. The molecule has 0 aliphatic carbocycles. The Labute approximate surface area is 241 Å². The zero-order valence-electron chi connectivity index (χ0n) is 20.0. The Hall–Kier alpha value is -2.08. The summed E-state index contributed by atoms with van der Waals surface area (Å²) in [7, 11) is 0. The predicted octanol–water partition coefficient (Wildman–Crippen LogP) is -4.35. The molecule has 0 fully saturated rings. The minimum atomic E-state index is -0.302. The maximum atomic E-state index is 5.97. The Bertz CT molecular complexity index is 1090. The molecule has 0 N–H and O–H groups in total. The number of halogens is 3. The molecule has 2 atom stereocenters. The van der Waals surface area contributed by atoms with Gasteiger partial charge in [0.15, 0.2) is 0 Å². The minimum absolute atomic E-state index is 0. The molecule has 3 aromatic rings. The van der Waals surface area contributed by atoms with Crippen molar-refractivity contribution < 1.29 is 63.8 Å². The summed E-state index contributed by atoms with van der Waals surface area (Å²) in [6, 6.07) is 26.6. The van der Waals surface area contributed by atoms with Crippen LogP contribution in [0.5, 0.6) is 0 Å². The molecule has 2 aliphatic rings. The molecule has 5 nitrogen and oxygen atoms in total. The Morgan fingerprint density at radius 2 is 1.00 bits per heavy atom. The first-order chi connectivity index (χ1) is 15.5. The molecule has 2 aliphatic heterocycles. The summed E-state index contributed by atoms with van der Waals surface area (Å²) in [4.78, 5) is 14.5. The molecule has 0 bridgehead atoms. The van der Waals surface area contributed by atoms with Gasteiger partial charge in [-0.05, 0) is 37.1 Å². The Balaban J connectivity index is 0.00000162. The maximum Gasteiger partial charge on any atom is 3.00 e. The molecule has 9 heteroatoms. The summed E-state index contributed by atoms with van der Waals surface area (Å²) in [5, 5.41) is 0. The molecule has 1 aromatic heterocycles. The first kappa shape index (κ1) is 31.9. The van der Waals surface area contributed by atoms with Crippen molar-refractivity contribution in [3.8, 4) is 0 Å². The normalized spacial score (nSPS) is 21.7. The van der Waals surface area contributed by atoms with Crippen LogP contribution >= 0.6 is 0 Å². The number of aromatic nitrogens is 1. The van der Waals surface area contributed by atoms with Crippen molar-refractivity contribution in [1.82, 2.24) is 4.98 Å². The topological polar surface area (TPSA) is 56.1 Å². The third kappa shape index (κ3) is 7.47. The fraction of sp³-hybridized carbons (Fsp3) is 0.296. The van der Waals surface area contributed by atoms with E-state index in [1.807, 2.05) is 30.3 Å². The largest absolute Gasteiger partial charge is 3.00 e. The van der Waals surface area contributed by atoms with Gasteiger partial charge in [-0.3, -0.25) is 0 Å². The van der Waals surface area contributed by atoms with E-state index in [1.54, 1.807) is 0 Å². The van der Waals surface area contributed by atoms with Gasteiger partial charge in [-0.2, -0.15) is 0 Å². The average Bonchev–Trinajstić information content (AvgIpc) is 3.38. The van der Waals surface area contributed by atoms with E-state index in [2.05, 4.69) is 62.4 Å². The van der Waals surface area contributed by atoms with Gasteiger partial charge in [0, 0.05) is 12.8 Å². The molecule has 191 valence electrons. The van der Waals surface area contributed by atoms with E-state index < -0.39 is 0 Å². The van der Waals surface area contributed by atoms with E-state index in [9.17, 15) is 0 Å². The van der Waals surface area contributed by atoms with Crippen LogP contribution in [0.2, 0.25) is 0 Å². The maximum absolute atomic E-state index is 5.97. The summed E-state index contributed by atoms with van der Waals surface area (Å²) in [5.74, 6) is 1.16. The van der Waals surface area contributed by atoms with Gasteiger partial charge in [0.05, 0.1) is 11.1 Å². The summed E-state index contributed by atoms with van der Waals surface area (Å²) in [5.41, 5.74) is 3.31. The number of benzene rings is 2. The van der Waals surface area contributed by atoms with Crippen LogP contribution in [0.3, 0.4) is 0 Å². The van der Waals surface area contributed by atoms with Crippen LogP contribution in [0.15, 0.2) is 88.8 Å².